The molecular formula is C13H15FN2S. The molecule has 1 N–H and O–H groups in total. The van der Waals surface area contributed by atoms with Crippen molar-refractivity contribution < 1.29 is 4.39 Å². The Kier molecular flexibility index (Phi) is 3.54. The van der Waals surface area contributed by atoms with Gasteiger partial charge in [0.1, 0.15) is 10.8 Å². The largest absolute Gasteiger partial charge is 0.312 e. The summed E-state index contributed by atoms with van der Waals surface area (Å²) in [5.41, 5.74) is 1.55. The smallest absolute Gasteiger partial charge is 0.133 e. The second-order valence-corrected chi connectivity index (χ2v) is 4.99. The Labute approximate surface area is 105 Å². The third-order valence-corrected chi connectivity index (χ3v) is 4.14. The molecule has 2 aromatic rings. The van der Waals surface area contributed by atoms with Crippen LogP contribution >= 0.6 is 11.3 Å². The summed E-state index contributed by atoms with van der Waals surface area (Å²) < 4.78 is 13.7. The number of hydrogen-bond donors (Lipinski definition) is 1. The van der Waals surface area contributed by atoms with E-state index < -0.39 is 0 Å². The summed E-state index contributed by atoms with van der Waals surface area (Å²) in [5.74, 6) is -0.218. The number of aryl methyl sites for hydroxylation is 1. The Morgan fingerprint density at radius 2 is 2.06 bits per heavy atom. The molecule has 1 aromatic heterocycles. The topological polar surface area (TPSA) is 24.9 Å². The molecule has 0 amide bonds. The Balaban J connectivity index is 2.45. The average molecular weight is 250 g/mol. The van der Waals surface area contributed by atoms with Crippen LogP contribution < -0.4 is 5.32 Å². The van der Waals surface area contributed by atoms with Gasteiger partial charge in [-0.1, -0.05) is 12.1 Å². The number of halogens is 1. The van der Waals surface area contributed by atoms with Crippen molar-refractivity contribution in [1.82, 2.24) is 10.3 Å². The van der Waals surface area contributed by atoms with Crippen LogP contribution in [-0.4, -0.2) is 12.0 Å². The first-order valence-corrected chi connectivity index (χ1v) is 6.34. The van der Waals surface area contributed by atoms with E-state index in [-0.39, 0.29) is 11.9 Å². The number of nitrogens with one attached hydrogen (secondary N) is 1. The fourth-order valence-electron chi connectivity index (χ4n) is 1.69. The minimum atomic E-state index is -0.218. The summed E-state index contributed by atoms with van der Waals surface area (Å²) in [5, 5.41) is 3.93. The lowest BCUT2D eigenvalue weighted by atomic mass is 10.2. The molecule has 0 bridgehead atoms. The van der Waals surface area contributed by atoms with Crippen LogP contribution in [0.2, 0.25) is 0 Å². The Bertz CT molecular complexity index is 522. The van der Waals surface area contributed by atoms with E-state index >= 15 is 0 Å². The summed E-state index contributed by atoms with van der Waals surface area (Å²) >= 11 is 1.55. The van der Waals surface area contributed by atoms with Crippen LogP contribution in [0.1, 0.15) is 23.5 Å². The lowest BCUT2D eigenvalue weighted by molar-refractivity contribution is 0.631. The van der Waals surface area contributed by atoms with Crippen molar-refractivity contribution in [3.05, 3.63) is 40.7 Å². The molecule has 2 nitrogen and oxygen atoms in total. The molecule has 0 saturated heterocycles. The van der Waals surface area contributed by atoms with Crippen LogP contribution in [0.4, 0.5) is 4.39 Å². The Morgan fingerprint density at radius 1 is 1.35 bits per heavy atom. The van der Waals surface area contributed by atoms with Crippen molar-refractivity contribution in [2.75, 3.05) is 7.05 Å². The molecule has 0 radical (unpaired) electrons. The Morgan fingerprint density at radius 3 is 2.71 bits per heavy atom. The van der Waals surface area contributed by atoms with Crippen molar-refractivity contribution >= 4 is 11.3 Å². The second kappa shape index (κ2) is 4.94. The second-order valence-electron chi connectivity index (χ2n) is 3.96. The van der Waals surface area contributed by atoms with Gasteiger partial charge in [-0.2, -0.15) is 0 Å². The minimum Gasteiger partial charge on any atom is -0.312 e. The summed E-state index contributed by atoms with van der Waals surface area (Å²) in [4.78, 5) is 5.61. The summed E-state index contributed by atoms with van der Waals surface area (Å²) in [6, 6.07) is 6.99. The number of thiazole rings is 1. The molecule has 17 heavy (non-hydrogen) atoms. The summed E-state index contributed by atoms with van der Waals surface area (Å²) in [6.07, 6.45) is 0. The molecule has 0 aliphatic heterocycles. The third kappa shape index (κ3) is 2.37. The fraction of sp³-hybridized carbons (Fsp3) is 0.308. The highest BCUT2D eigenvalue weighted by molar-refractivity contribution is 7.15. The van der Waals surface area contributed by atoms with Gasteiger partial charge in [0.15, 0.2) is 0 Å². The summed E-state index contributed by atoms with van der Waals surface area (Å²) in [7, 11) is 1.91. The third-order valence-electron chi connectivity index (χ3n) is 2.76. The van der Waals surface area contributed by atoms with Gasteiger partial charge in [0.2, 0.25) is 0 Å². The van der Waals surface area contributed by atoms with E-state index in [1.807, 2.05) is 20.0 Å². The van der Waals surface area contributed by atoms with E-state index in [0.717, 1.165) is 15.6 Å². The number of benzene rings is 1. The number of aromatic nitrogens is 1. The standard InChI is InChI=1S/C13H15FN2S/c1-8(15-3)12-9(2)16-13(17-12)10-6-4-5-7-11(10)14/h4-8,15H,1-3H3. The van der Waals surface area contributed by atoms with E-state index in [0.29, 0.717) is 5.56 Å². The Hall–Kier alpha value is -1.26. The van der Waals surface area contributed by atoms with Crippen molar-refractivity contribution in [3.63, 3.8) is 0 Å². The van der Waals surface area contributed by atoms with Crippen LogP contribution in [0.3, 0.4) is 0 Å². The van der Waals surface area contributed by atoms with Crippen LogP contribution in [0.5, 0.6) is 0 Å². The lowest BCUT2D eigenvalue weighted by Crippen LogP contribution is -2.11. The highest BCUT2D eigenvalue weighted by Crippen LogP contribution is 2.32. The number of rotatable bonds is 3. The number of hydrogen-bond acceptors (Lipinski definition) is 3. The maximum atomic E-state index is 13.7. The summed E-state index contributed by atoms with van der Waals surface area (Å²) in [6.45, 7) is 4.04. The zero-order valence-electron chi connectivity index (χ0n) is 10.1. The van der Waals surface area contributed by atoms with Crippen molar-refractivity contribution in [2.24, 2.45) is 0 Å². The zero-order valence-corrected chi connectivity index (χ0v) is 10.9. The van der Waals surface area contributed by atoms with Crippen LogP contribution in [-0.2, 0) is 0 Å². The van der Waals surface area contributed by atoms with Crippen LogP contribution in [0.15, 0.2) is 24.3 Å². The van der Waals surface area contributed by atoms with Gasteiger partial charge in [-0.05, 0) is 33.0 Å². The molecule has 0 aliphatic carbocycles. The van der Waals surface area contributed by atoms with Gasteiger partial charge in [0, 0.05) is 16.5 Å². The molecule has 0 aliphatic rings. The maximum absolute atomic E-state index is 13.7. The van der Waals surface area contributed by atoms with Gasteiger partial charge in [0.25, 0.3) is 0 Å². The van der Waals surface area contributed by atoms with Gasteiger partial charge in [-0.25, -0.2) is 9.37 Å². The predicted octanol–water partition coefficient (Wildman–Crippen LogP) is 3.54. The molecule has 0 saturated carbocycles. The minimum absolute atomic E-state index is 0.218. The monoisotopic (exact) mass is 250 g/mol. The molecule has 1 heterocycles. The van der Waals surface area contributed by atoms with Gasteiger partial charge in [0.05, 0.1) is 5.69 Å². The first kappa shape index (κ1) is 12.2. The quantitative estimate of drug-likeness (QED) is 0.901. The number of nitrogens with zero attached hydrogens (tertiary/aromatic N) is 1. The zero-order chi connectivity index (χ0) is 12.4. The van der Waals surface area contributed by atoms with Gasteiger partial charge < -0.3 is 5.32 Å². The highest BCUT2D eigenvalue weighted by Gasteiger charge is 2.15. The average Bonchev–Trinajstić information content (AvgIpc) is 2.71. The SMILES string of the molecule is CNC(C)c1sc(-c2ccccc2F)nc1C. The maximum Gasteiger partial charge on any atom is 0.133 e. The van der Waals surface area contributed by atoms with E-state index in [1.54, 1.807) is 23.5 Å². The molecule has 2 rings (SSSR count). The normalized spacial score (nSPS) is 12.7. The van der Waals surface area contributed by atoms with Crippen LogP contribution in [0, 0.1) is 12.7 Å². The van der Waals surface area contributed by atoms with E-state index in [4.69, 9.17) is 0 Å². The van der Waals surface area contributed by atoms with Gasteiger partial charge >= 0.3 is 0 Å². The van der Waals surface area contributed by atoms with Gasteiger partial charge in [-0.15, -0.1) is 11.3 Å². The predicted molar refractivity (Wildman–Crippen MR) is 69.7 cm³/mol. The van der Waals surface area contributed by atoms with E-state index in [2.05, 4.69) is 17.2 Å². The molecule has 1 atom stereocenters. The molecule has 90 valence electrons. The molecule has 4 heteroatoms. The lowest BCUT2D eigenvalue weighted by Gasteiger charge is -2.06. The molecule has 0 spiro atoms. The van der Waals surface area contributed by atoms with Crippen LogP contribution in [0.25, 0.3) is 10.6 Å². The molecule has 1 unspecified atom stereocenters. The molecule has 0 fully saturated rings. The van der Waals surface area contributed by atoms with E-state index in [1.165, 1.54) is 6.07 Å². The van der Waals surface area contributed by atoms with Crippen molar-refractivity contribution in [3.8, 4) is 10.6 Å². The first-order chi connectivity index (χ1) is 8.13. The van der Waals surface area contributed by atoms with Crippen molar-refractivity contribution in [2.45, 2.75) is 19.9 Å². The van der Waals surface area contributed by atoms with Crippen molar-refractivity contribution in [1.29, 1.82) is 0 Å². The highest BCUT2D eigenvalue weighted by atomic mass is 32.1. The van der Waals surface area contributed by atoms with Gasteiger partial charge in [-0.3, -0.25) is 0 Å². The first-order valence-electron chi connectivity index (χ1n) is 5.53. The fourth-order valence-corrected chi connectivity index (χ4v) is 2.85. The van der Waals surface area contributed by atoms with E-state index in [9.17, 15) is 4.39 Å². The molecule has 1 aromatic carbocycles. The molecular weight excluding hydrogens is 235 g/mol.